The third-order valence-corrected chi connectivity index (χ3v) is 6.70. The van der Waals surface area contributed by atoms with Gasteiger partial charge in [0.2, 0.25) is 0 Å². The van der Waals surface area contributed by atoms with Crippen LogP contribution in [0.5, 0.6) is 0 Å². The number of hydrogen-bond donors (Lipinski definition) is 2. The second-order valence-electron chi connectivity index (χ2n) is 8.19. The second kappa shape index (κ2) is 11.2. The van der Waals surface area contributed by atoms with Crippen molar-refractivity contribution in [2.45, 2.75) is 26.2 Å². The standard InChI is InChI=1S/C27H22Cl3N3O3/c1-2-3-5-16-8-10-18(11-9-16)32-25(34)17-6-4-7-19(14-17)31-24-23(30)26(35)33(27(24)36)20-12-13-21(28)22(29)15-20/h4,6-15,31H,2-3,5H2,1H3,(H,32,34). The van der Waals surface area contributed by atoms with Crippen molar-refractivity contribution < 1.29 is 14.4 Å². The zero-order valence-electron chi connectivity index (χ0n) is 19.3. The highest BCUT2D eigenvalue weighted by Crippen LogP contribution is 2.33. The summed E-state index contributed by atoms with van der Waals surface area (Å²) in [6, 6.07) is 18.7. The molecule has 0 radical (unpaired) electrons. The molecule has 184 valence electrons. The Hall–Kier alpha value is -3.32. The van der Waals surface area contributed by atoms with E-state index in [0.717, 1.165) is 24.2 Å². The summed E-state index contributed by atoms with van der Waals surface area (Å²) in [5.74, 6) is -1.66. The fraction of sp³-hybridized carbons (Fsp3) is 0.148. The molecule has 3 amide bonds. The molecule has 0 saturated heterocycles. The summed E-state index contributed by atoms with van der Waals surface area (Å²) in [5.41, 5.74) is 2.82. The molecule has 1 heterocycles. The lowest BCUT2D eigenvalue weighted by Gasteiger charge is -2.16. The fourth-order valence-electron chi connectivity index (χ4n) is 3.69. The first-order valence-corrected chi connectivity index (χ1v) is 12.4. The largest absolute Gasteiger partial charge is 0.350 e. The van der Waals surface area contributed by atoms with Crippen LogP contribution in [0, 0.1) is 0 Å². The van der Waals surface area contributed by atoms with E-state index in [1.807, 2.05) is 24.3 Å². The molecule has 9 heteroatoms. The molecule has 36 heavy (non-hydrogen) atoms. The molecular weight excluding hydrogens is 521 g/mol. The highest BCUT2D eigenvalue weighted by Gasteiger charge is 2.39. The summed E-state index contributed by atoms with van der Waals surface area (Å²) >= 11 is 18.2. The number of nitrogens with one attached hydrogen (secondary N) is 2. The van der Waals surface area contributed by atoms with E-state index in [9.17, 15) is 14.4 Å². The molecule has 1 aliphatic rings. The number of nitrogens with zero attached hydrogens (tertiary/aromatic N) is 1. The fourth-order valence-corrected chi connectivity index (χ4v) is 4.20. The van der Waals surface area contributed by atoms with Gasteiger partial charge in [0, 0.05) is 16.9 Å². The SMILES string of the molecule is CCCCc1ccc(NC(=O)c2cccc(NC3=C(Cl)C(=O)N(c4ccc(Cl)c(Cl)c4)C3=O)c2)cc1. The van der Waals surface area contributed by atoms with Crippen LogP contribution in [-0.4, -0.2) is 17.7 Å². The van der Waals surface area contributed by atoms with Crippen molar-refractivity contribution >= 4 is 69.6 Å². The molecule has 1 aliphatic heterocycles. The van der Waals surface area contributed by atoms with Crippen LogP contribution < -0.4 is 15.5 Å². The summed E-state index contributed by atoms with van der Waals surface area (Å²) < 4.78 is 0. The highest BCUT2D eigenvalue weighted by molar-refractivity contribution is 6.53. The predicted octanol–water partition coefficient (Wildman–Crippen LogP) is 7.02. The first-order chi connectivity index (χ1) is 17.3. The van der Waals surface area contributed by atoms with E-state index >= 15 is 0 Å². The van der Waals surface area contributed by atoms with E-state index in [1.54, 1.807) is 24.3 Å². The number of carbonyl (C=O) groups is 3. The Morgan fingerprint density at radius 3 is 2.31 bits per heavy atom. The van der Waals surface area contributed by atoms with E-state index in [4.69, 9.17) is 34.8 Å². The van der Waals surface area contributed by atoms with Crippen LogP contribution in [0.15, 0.2) is 77.5 Å². The average Bonchev–Trinajstić information content (AvgIpc) is 3.08. The van der Waals surface area contributed by atoms with Crippen LogP contribution in [0.4, 0.5) is 17.1 Å². The number of rotatable bonds is 8. The van der Waals surface area contributed by atoms with Gasteiger partial charge >= 0.3 is 0 Å². The third-order valence-electron chi connectivity index (χ3n) is 5.61. The third kappa shape index (κ3) is 5.57. The number of hydrogen-bond acceptors (Lipinski definition) is 4. The predicted molar refractivity (Wildman–Crippen MR) is 145 cm³/mol. The van der Waals surface area contributed by atoms with E-state index in [1.165, 1.54) is 23.8 Å². The van der Waals surface area contributed by atoms with Crippen LogP contribution in [0.3, 0.4) is 0 Å². The number of carbonyl (C=O) groups excluding carboxylic acids is 3. The first-order valence-electron chi connectivity index (χ1n) is 11.3. The summed E-state index contributed by atoms with van der Waals surface area (Å²) in [6.07, 6.45) is 3.24. The molecule has 2 N–H and O–H groups in total. The monoisotopic (exact) mass is 541 g/mol. The smallest absolute Gasteiger partial charge is 0.283 e. The van der Waals surface area contributed by atoms with Gasteiger partial charge in [0.1, 0.15) is 10.7 Å². The Balaban J connectivity index is 1.48. The molecule has 3 aromatic rings. The molecule has 0 atom stereocenters. The maximum atomic E-state index is 13.0. The van der Waals surface area contributed by atoms with E-state index in [2.05, 4.69) is 17.6 Å². The first kappa shape index (κ1) is 25.8. The van der Waals surface area contributed by atoms with Crippen molar-refractivity contribution in [3.8, 4) is 0 Å². The average molecular weight is 543 g/mol. The van der Waals surface area contributed by atoms with Crippen molar-refractivity contribution in [2.24, 2.45) is 0 Å². The summed E-state index contributed by atoms with van der Waals surface area (Å²) in [6.45, 7) is 2.15. The summed E-state index contributed by atoms with van der Waals surface area (Å²) in [4.78, 5) is 39.5. The maximum absolute atomic E-state index is 13.0. The minimum absolute atomic E-state index is 0.104. The van der Waals surface area contributed by atoms with Gasteiger partial charge < -0.3 is 10.6 Å². The van der Waals surface area contributed by atoms with Crippen molar-refractivity contribution in [1.29, 1.82) is 0 Å². The number of aryl methyl sites for hydroxylation is 1. The molecule has 3 aromatic carbocycles. The van der Waals surface area contributed by atoms with Crippen molar-refractivity contribution in [1.82, 2.24) is 0 Å². The van der Waals surface area contributed by atoms with Gasteiger partial charge in [-0.3, -0.25) is 14.4 Å². The Labute approximate surface area is 223 Å². The van der Waals surface area contributed by atoms with Gasteiger partial charge in [-0.1, -0.05) is 66.3 Å². The van der Waals surface area contributed by atoms with Gasteiger partial charge in [0.05, 0.1) is 15.7 Å². The molecular formula is C27H22Cl3N3O3. The maximum Gasteiger partial charge on any atom is 0.283 e. The lowest BCUT2D eigenvalue weighted by atomic mass is 10.1. The van der Waals surface area contributed by atoms with Crippen LogP contribution in [0.2, 0.25) is 10.0 Å². The number of anilines is 3. The topological polar surface area (TPSA) is 78.5 Å². The van der Waals surface area contributed by atoms with Crippen LogP contribution in [0.25, 0.3) is 0 Å². The number of benzene rings is 3. The molecule has 0 bridgehead atoms. The molecule has 0 spiro atoms. The van der Waals surface area contributed by atoms with Crippen molar-refractivity contribution in [3.05, 3.63) is 98.6 Å². The number of amides is 3. The van der Waals surface area contributed by atoms with Gasteiger partial charge in [0.15, 0.2) is 0 Å². The van der Waals surface area contributed by atoms with Gasteiger partial charge in [-0.2, -0.15) is 0 Å². The molecule has 4 rings (SSSR count). The zero-order valence-corrected chi connectivity index (χ0v) is 21.5. The van der Waals surface area contributed by atoms with Crippen LogP contribution in [0.1, 0.15) is 35.7 Å². The molecule has 0 aliphatic carbocycles. The minimum Gasteiger partial charge on any atom is -0.350 e. The zero-order chi connectivity index (χ0) is 25.8. The number of halogens is 3. The highest BCUT2D eigenvalue weighted by atomic mass is 35.5. The normalized spacial score (nSPS) is 13.4. The van der Waals surface area contributed by atoms with Gasteiger partial charge in [-0.25, -0.2) is 4.90 Å². The lowest BCUT2D eigenvalue weighted by Crippen LogP contribution is -2.32. The summed E-state index contributed by atoms with van der Waals surface area (Å²) in [7, 11) is 0. The van der Waals surface area contributed by atoms with Gasteiger partial charge in [-0.15, -0.1) is 0 Å². The second-order valence-corrected chi connectivity index (χ2v) is 9.39. The minimum atomic E-state index is -0.696. The number of unbranched alkanes of at least 4 members (excludes halogenated alkanes) is 1. The summed E-state index contributed by atoms with van der Waals surface area (Å²) in [5, 5.41) is 5.96. The van der Waals surface area contributed by atoms with Crippen molar-refractivity contribution in [3.63, 3.8) is 0 Å². The van der Waals surface area contributed by atoms with E-state index in [-0.39, 0.29) is 27.3 Å². The van der Waals surface area contributed by atoms with Crippen LogP contribution in [-0.2, 0) is 16.0 Å². The van der Waals surface area contributed by atoms with Crippen molar-refractivity contribution in [2.75, 3.05) is 15.5 Å². The van der Waals surface area contributed by atoms with Gasteiger partial charge in [0.25, 0.3) is 17.7 Å². The molecule has 0 saturated carbocycles. The lowest BCUT2D eigenvalue weighted by molar-refractivity contribution is -0.120. The quantitative estimate of drug-likeness (QED) is 0.300. The van der Waals surface area contributed by atoms with E-state index in [0.29, 0.717) is 22.0 Å². The Kier molecular flexibility index (Phi) is 7.99. The molecule has 0 fully saturated rings. The number of imide groups is 1. The Morgan fingerprint density at radius 1 is 0.861 bits per heavy atom. The molecule has 0 aromatic heterocycles. The van der Waals surface area contributed by atoms with Gasteiger partial charge in [-0.05, 0) is 66.9 Å². The molecule has 6 nitrogen and oxygen atoms in total. The molecule has 0 unspecified atom stereocenters. The Morgan fingerprint density at radius 2 is 1.61 bits per heavy atom. The van der Waals surface area contributed by atoms with E-state index < -0.39 is 11.8 Å². The van der Waals surface area contributed by atoms with Crippen LogP contribution >= 0.6 is 34.8 Å². The Bertz CT molecular complexity index is 1370.